The summed E-state index contributed by atoms with van der Waals surface area (Å²) >= 11 is 0. The average molecular weight is 413 g/mol. The number of para-hydroxylation sites is 1. The maximum atomic E-state index is 13.2. The maximum Gasteiger partial charge on any atom is 0.320 e. The van der Waals surface area contributed by atoms with Crippen LogP contribution in [-0.2, 0) is 11.3 Å². The number of anilines is 1. The lowest BCUT2D eigenvalue weighted by molar-refractivity contribution is -0.136. The molecule has 164 valence electrons. The van der Waals surface area contributed by atoms with Crippen molar-refractivity contribution >= 4 is 17.6 Å². The van der Waals surface area contributed by atoms with Gasteiger partial charge in [0.05, 0.1) is 5.92 Å². The van der Waals surface area contributed by atoms with Crippen molar-refractivity contribution in [1.82, 2.24) is 14.7 Å². The van der Waals surface area contributed by atoms with Crippen molar-refractivity contribution in [1.29, 1.82) is 0 Å². The van der Waals surface area contributed by atoms with Gasteiger partial charge in [-0.05, 0) is 56.6 Å². The van der Waals surface area contributed by atoms with Crippen molar-refractivity contribution < 1.29 is 9.59 Å². The quantitative estimate of drug-likeness (QED) is 0.760. The lowest BCUT2D eigenvalue weighted by atomic mass is 9.96. The van der Waals surface area contributed by atoms with E-state index in [1.54, 1.807) is 0 Å². The van der Waals surface area contributed by atoms with Gasteiger partial charge in [-0.25, -0.2) is 4.79 Å². The summed E-state index contributed by atoms with van der Waals surface area (Å²) in [4.78, 5) is 34.2. The van der Waals surface area contributed by atoms with E-state index in [4.69, 9.17) is 0 Å². The lowest BCUT2D eigenvalue weighted by Crippen LogP contribution is -2.49. The van der Waals surface area contributed by atoms with Crippen LogP contribution in [0.3, 0.4) is 0 Å². The number of amides is 3. The molecule has 3 aliphatic heterocycles. The van der Waals surface area contributed by atoms with Crippen LogP contribution in [0, 0.1) is 5.92 Å². The number of likely N-dealkylation sites (tertiary alicyclic amines) is 2. The highest BCUT2D eigenvalue weighted by Crippen LogP contribution is 2.27. The van der Waals surface area contributed by atoms with Crippen LogP contribution in [0.5, 0.6) is 0 Å². The summed E-state index contributed by atoms with van der Waals surface area (Å²) in [5.74, 6) is 0.0832. The normalized spacial score (nSPS) is 22.3. The van der Waals surface area contributed by atoms with Gasteiger partial charge >= 0.3 is 6.03 Å². The van der Waals surface area contributed by atoms with Gasteiger partial charge in [-0.1, -0.05) is 18.2 Å². The average Bonchev–Trinajstić information content (AvgIpc) is 3.34. The molecule has 3 heterocycles. The highest BCUT2D eigenvalue weighted by atomic mass is 16.2. The SMILES string of the molecule is CN(Cc1ccccc1N1CCCCC1)C(=O)[C@@H]1CCCN(C(=O)N2CCCC2)C1. The molecule has 3 fully saturated rings. The Labute approximate surface area is 180 Å². The van der Waals surface area contributed by atoms with Gasteiger partial charge in [0.1, 0.15) is 0 Å². The van der Waals surface area contributed by atoms with E-state index in [1.165, 1.54) is 30.5 Å². The van der Waals surface area contributed by atoms with E-state index in [1.807, 2.05) is 21.7 Å². The third-order valence-electron chi connectivity index (χ3n) is 6.89. The van der Waals surface area contributed by atoms with Crippen LogP contribution in [0.15, 0.2) is 24.3 Å². The molecule has 0 aliphatic carbocycles. The van der Waals surface area contributed by atoms with E-state index >= 15 is 0 Å². The van der Waals surface area contributed by atoms with Gasteiger partial charge < -0.3 is 19.6 Å². The Balaban J connectivity index is 1.38. The molecule has 0 radical (unpaired) electrons. The summed E-state index contributed by atoms with van der Waals surface area (Å²) in [6, 6.07) is 8.63. The van der Waals surface area contributed by atoms with Gasteiger partial charge in [-0.15, -0.1) is 0 Å². The topological polar surface area (TPSA) is 47.1 Å². The van der Waals surface area contributed by atoms with E-state index in [9.17, 15) is 9.59 Å². The Morgan fingerprint density at radius 2 is 1.57 bits per heavy atom. The number of benzene rings is 1. The van der Waals surface area contributed by atoms with Crippen molar-refractivity contribution in [3.05, 3.63) is 29.8 Å². The molecule has 30 heavy (non-hydrogen) atoms. The van der Waals surface area contributed by atoms with E-state index < -0.39 is 0 Å². The van der Waals surface area contributed by atoms with Gasteiger partial charge in [-0.2, -0.15) is 0 Å². The molecular formula is C24H36N4O2. The second kappa shape index (κ2) is 9.71. The van der Waals surface area contributed by atoms with Gasteiger partial charge in [-0.3, -0.25) is 4.79 Å². The second-order valence-electron chi connectivity index (χ2n) is 9.13. The molecule has 4 rings (SSSR count). The highest BCUT2D eigenvalue weighted by molar-refractivity contribution is 5.81. The number of nitrogens with zero attached hydrogens (tertiary/aromatic N) is 4. The van der Waals surface area contributed by atoms with E-state index in [0.29, 0.717) is 13.1 Å². The number of carbonyl (C=O) groups excluding carboxylic acids is 2. The molecule has 3 amide bonds. The van der Waals surface area contributed by atoms with Crippen molar-refractivity contribution in [3.63, 3.8) is 0 Å². The zero-order chi connectivity index (χ0) is 20.9. The van der Waals surface area contributed by atoms with Crippen LogP contribution in [0.2, 0.25) is 0 Å². The Kier molecular flexibility index (Phi) is 6.80. The summed E-state index contributed by atoms with van der Waals surface area (Å²) in [6.07, 6.45) is 7.78. The van der Waals surface area contributed by atoms with E-state index in [0.717, 1.165) is 58.4 Å². The zero-order valence-corrected chi connectivity index (χ0v) is 18.4. The largest absolute Gasteiger partial charge is 0.371 e. The Morgan fingerprint density at radius 1 is 0.900 bits per heavy atom. The number of carbonyl (C=O) groups is 2. The molecule has 0 aromatic heterocycles. The monoisotopic (exact) mass is 412 g/mol. The van der Waals surface area contributed by atoms with Gasteiger partial charge in [0, 0.05) is 58.5 Å². The van der Waals surface area contributed by atoms with Crippen LogP contribution >= 0.6 is 0 Å². The molecule has 0 N–H and O–H groups in total. The minimum atomic E-state index is -0.0857. The fourth-order valence-corrected chi connectivity index (χ4v) is 5.19. The van der Waals surface area contributed by atoms with Crippen LogP contribution < -0.4 is 4.90 Å². The van der Waals surface area contributed by atoms with Crippen molar-refractivity contribution in [2.45, 2.75) is 51.5 Å². The third-order valence-corrected chi connectivity index (χ3v) is 6.89. The molecule has 0 unspecified atom stereocenters. The highest BCUT2D eigenvalue weighted by Gasteiger charge is 2.33. The number of hydrogen-bond donors (Lipinski definition) is 0. The maximum absolute atomic E-state index is 13.2. The predicted molar refractivity (Wildman–Crippen MR) is 119 cm³/mol. The zero-order valence-electron chi connectivity index (χ0n) is 18.4. The summed E-state index contributed by atoms with van der Waals surface area (Å²) in [5, 5.41) is 0. The van der Waals surface area contributed by atoms with Crippen molar-refractivity contribution in [2.75, 3.05) is 51.2 Å². The predicted octanol–water partition coefficient (Wildman–Crippen LogP) is 3.56. The molecule has 3 saturated heterocycles. The summed E-state index contributed by atoms with van der Waals surface area (Å²) in [6.45, 7) is 5.90. The van der Waals surface area contributed by atoms with Crippen LogP contribution in [0.25, 0.3) is 0 Å². The molecule has 6 heteroatoms. The minimum absolute atomic E-state index is 0.0857. The fraction of sp³-hybridized carbons (Fsp3) is 0.667. The van der Waals surface area contributed by atoms with Crippen LogP contribution in [0.1, 0.15) is 50.5 Å². The Hall–Kier alpha value is -2.24. The molecule has 1 atom stereocenters. The second-order valence-corrected chi connectivity index (χ2v) is 9.13. The lowest BCUT2D eigenvalue weighted by Gasteiger charge is -2.36. The third kappa shape index (κ3) is 4.73. The van der Waals surface area contributed by atoms with Crippen molar-refractivity contribution in [3.8, 4) is 0 Å². The van der Waals surface area contributed by atoms with Crippen LogP contribution in [0.4, 0.5) is 10.5 Å². The number of rotatable bonds is 4. The number of urea groups is 1. The first-order valence-electron chi connectivity index (χ1n) is 11.7. The van der Waals surface area contributed by atoms with Gasteiger partial charge in [0.15, 0.2) is 0 Å². The molecule has 0 saturated carbocycles. The standard InChI is InChI=1S/C24H36N4O2/c1-25(18-20-10-3-4-12-22(20)26-13-5-2-6-14-26)23(29)21-11-9-17-28(19-21)24(30)27-15-7-8-16-27/h3-4,10,12,21H,2,5-9,11,13-19H2,1H3/t21-/m1/s1. The molecule has 6 nitrogen and oxygen atoms in total. The molecule has 0 spiro atoms. The molecule has 1 aromatic rings. The number of piperidine rings is 2. The minimum Gasteiger partial charge on any atom is -0.371 e. The van der Waals surface area contributed by atoms with Gasteiger partial charge in [0.25, 0.3) is 0 Å². The molecule has 0 bridgehead atoms. The van der Waals surface area contributed by atoms with E-state index in [2.05, 4.69) is 29.2 Å². The van der Waals surface area contributed by atoms with Crippen molar-refractivity contribution in [2.24, 2.45) is 5.92 Å². The molecule has 3 aliphatic rings. The summed E-state index contributed by atoms with van der Waals surface area (Å²) in [7, 11) is 1.91. The summed E-state index contributed by atoms with van der Waals surface area (Å²) in [5.41, 5.74) is 2.49. The Morgan fingerprint density at radius 3 is 2.33 bits per heavy atom. The smallest absolute Gasteiger partial charge is 0.320 e. The van der Waals surface area contributed by atoms with Crippen LogP contribution in [-0.4, -0.2) is 73.0 Å². The summed E-state index contributed by atoms with van der Waals surface area (Å²) < 4.78 is 0. The van der Waals surface area contributed by atoms with E-state index in [-0.39, 0.29) is 17.9 Å². The Bertz CT molecular complexity index is 740. The number of hydrogen-bond acceptors (Lipinski definition) is 3. The fourth-order valence-electron chi connectivity index (χ4n) is 5.19. The molecular weight excluding hydrogens is 376 g/mol. The first kappa shape index (κ1) is 21.0. The first-order valence-corrected chi connectivity index (χ1v) is 11.7. The first-order chi connectivity index (χ1) is 14.6. The van der Waals surface area contributed by atoms with Gasteiger partial charge in [0.2, 0.25) is 5.91 Å². The molecule has 1 aromatic carbocycles.